The average molecular weight is 243 g/mol. The predicted molar refractivity (Wildman–Crippen MR) is 62.3 cm³/mol. The lowest BCUT2D eigenvalue weighted by Gasteiger charge is -2.10. The Labute approximate surface area is 100.0 Å². The van der Waals surface area contributed by atoms with E-state index in [9.17, 15) is 9.90 Å². The Morgan fingerprint density at radius 1 is 1.56 bits per heavy atom. The predicted octanol–water partition coefficient (Wildman–Crippen LogP) is 2.72. The summed E-state index contributed by atoms with van der Waals surface area (Å²) in [5.74, 6) is -0.629. The maximum Gasteiger partial charge on any atom is 0.339 e. The van der Waals surface area contributed by atoms with Crippen LogP contribution in [-0.4, -0.2) is 17.7 Å². The van der Waals surface area contributed by atoms with Gasteiger partial charge in [-0.05, 0) is 24.1 Å². The number of hydrogen-bond acceptors (Lipinski definition) is 3. The number of aliphatic hydroxyl groups is 1. The highest BCUT2D eigenvalue weighted by atomic mass is 35.5. The molecule has 1 atom stereocenters. The second-order valence-electron chi connectivity index (χ2n) is 3.48. The zero-order chi connectivity index (χ0) is 12.0. The molecule has 3 nitrogen and oxygen atoms in total. The molecule has 0 saturated carbocycles. The zero-order valence-corrected chi connectivity index (χ0v) is 9.91. The summed E-state index contributed by atoms with van der Waals surface area (Å²) < 4.78 is 4.91. The minimum absolute atomic E-state index is 0.340. The SMILES string of the molecule is CCCCOC(=O)[C@@H](O)c1cccc(Cl)c1. The Morgan fingerprint density at radius 2 is 2.31 bits per heavy atom. The molecule has 0 fully saturated rings. The molecule has 1 N–H and O–H groups in total. The van der Waals surface area contributed by atoms with E-state index in [-0.39, 0.29) is 0 Å². The molecule has 16 heavy (non-hydrogen) atoms. The number of aliphatic hydroxyl groups excluding tert-OH is 1. The second kappa shape index (κ2) is 6.51. The topological polar surface area (TPSA) is 46.5 Å². The summed E-state index contributed by atoms with van der Waals surface area (Å²) in [6, 6.07) is 6.55. The van der Waals surface area contributed by atoms with Crippen molar-refractivity contribution in [3.05, 3.63) is 34.9 Å². The maximum absolute atomic E-state index is 11.4. The van der Waals surface area contributed by atoms with Crippen LogP contribution in [0.15, 0.2) is 24.3 Å². The number of benzene rings is 1. The molecule has 4 heteroatoms. The van der Waals surface area contributed by atoms with Gasteiger partial charge in [-0.1, -0.05) is 37.1 Å². The Kier molecular flexibility index (Phi) is 5.29. The van der Waals surface area contributed by atoms with Gasteiger partial charge >= 0.3 is 5.97 Å². The van der Waals surface area contributed by atoms with Gasteiger partial charge in [0.25, 0.3) is 0 Å². The molecule has 0 unspecified atom stereocenters. The molecule has 0 aliphatic heterocycles. The first-order chi connectivity index (χ1) is 7.65. The van der Waals surface area contributed by atoms with Gasteiger partial charge < -0.3 is 9.84 Å². The number of carbonyl (C=O) groups excluding carboxylic acids is 1. The van der Waals surface area contributed by atoms with Crippen LogP contribution in [0.25, 0.3) is 0 Å². The van der Waals surface area contributed by atoms with Crippen molar-refractivity contribution in [3.8, 4) is 0 Å². The highest BCUT2D eigenvalue weighted by Gasteiger charge is 2.18. The fourth-order valence-corrected chi connectivity index (χ4v) is 1.41. The van der Waals surface area contributed by atoms with Crippen molar-refractivity contribution < 1.29 is 14.6 Å². The highest BCUT2D eigenvalue weighted by Crippen LogP contribution is 2.18. The molecule has 88 valence electrons. The maximum atomic E-state index is 11.4. The molecule has 1 rings (SSSR count). The summed E-state index contributed by atoms with van der Waals surface area (Å²) in [4.78, 5) is 11.4. The number of ether oxygens (including phenoxy) is 1. The van der Waals surface area contributed by atoms with Crippen LogP contribution < -0.4 is 0 Å². The third-order valence-electron chi connectivity index (χ3n) is 2.13. The van der Waals surface area contributed by atoms with Crippen molar-refractivity contribution in [2.45, 2.75) is 25.9 Å². The van der Waals surface area contributed by atoms with E-state index in [1.807, 2.05) is 6.92 Å². The molecular weight excluding hydrogens is 228 g/mol. The van der Waals surface area contributed by atoms with E-state index in [4.69, 9.17) is 16.3 Å². The summed E-state index contributed by atoms with van der Waals surface area (Å²) in [6.45, 7) is 2.34. The lowest BCUT2D eigenvalue weighted by Crippen LogP contribution is -2.16. The molecule has 1 aromatic rings. The van der Waals surface area contributed by atoms with Crippen LogP contribution in [0.1, 0.15) is 31.4 Å². The Bertz CT molecular complexity index is 352. The monoisotopic (exact) mass is 242 g/mol. The Balaban J connectivity index is 2.56. The van der Waals surface area contributed by atoms with Gasteiger partial charge in [-0.2, -0.15) is 0 Å². The third kappa shape index (κ3) is 3.83. The fourth-order valence-electron chi connectivity index (χ4n) is 1.21. The molecule has 0 aromatic heterocycles. The van der Waals surface area contributed by atoms with Gasteiger partial charge in [0.15, 0.2) is 6.10 Å². The first-order valence-corrected chi connectivity index (χ1v) is 5.63. The normalized spacial score (nSPS) is 12.2. The summed E-state index contributed by atoms with van der Waals surface area (Å²) in [5, 5.41) is 10.2. The molecule has 0 spiro atoms. The molecule has 0 aliphatic rings. The number of carbonyl (C=O) groups is 1. The zero-order valence-electron chi connectivity index (χ0n) is 9.15. The number of rotatable bonds is 5. The van der Waals surface area contributed by atoms with E-state index in [0.717, 1.165) is 12.8 Å². The molecule has 0 bridgehead atoms. The highest BCUT2D eigenvalue weighted by molar-refractivity contribution is 6.30. The van der Waals surface area contributed by atoms with Crippen molar-refractivity contribution in [1.82, 2.24) is 0 Å². The van der Waals surface area contributed by atoms with Gasteiger partial charge in [0.05, 0.1) is 6.61 Å². The molecule has 0 saturated heterocycles. The van der Waals surface area contributed by atoms with Gasteiger partial charge in [0, 0.05) is 5.02 Å². The van der Waals surface area contributed by atoms with Gasteiger partial charge in [-0.25, -0.2) is 4.79 Å². The van der Waals surface area contributed by atoms with Crippen LogP contribution in [0.4, 0.5) is 0 Å². The number of hydrogen-bond donors (Lipinski definition) is 1. The summed E-state index contributed by atoms with van der Waals surface area (Å²) in [6.07, 6.45) is 0.490. The van der Waals surface area contributed by atoms with E-state index in [0.29, 0.717) is 17.2 Å². The van der Waals surface area contributed by atoms with Crippen LogP contribution >= 0.6 is 11.6 Å². The van der Waals surface area contributed by atoms with Gasteiger partial charge in [0.1, 0.15) is 0 Å². The van der Waals surface area contributed by atoms with E-state index in [1.54, 1.807) is 24.3 Å². The van der Waals surface area contributed by atoms with Crippen molar-refractivity contribution in [3.63, 3.8) is 0 Å². The minimum atomic E-state index is -1.25. The summed E-state index contributed by atoms with van der Waals surface area (Å²) in [7, 11) is 0. The second-order valence-corrected chi connectivity index (χ2v) is 3.92. The van der Waals surface area contributed by atoms with Crippen molar-refractivity contribution in [2.24, 2.45) is 0 Å². The van der Waals surface area contributed by atoms with E-state index in [1.165, 1.54) is 0 Å². The first-order valence-electron chi connectivity index (χ1n) is 5.25. The van der Waals surface area contributed by atoms with Crippen LogP contribution in [0.5, 0.6) is 0 Å². The number of halogens is 1. The Morgan fingerprint density at radius 3 is 2.94 bits per heavy atom. The van der Waals surface area contributed by atoms with E-state index < -0.39 is 12.1 Å². The largest absolute Gasteiger partial charge is 0.464 e. The van der Waals surface area contributed by atoms with Crippen molar-refractivity contribution in [1.29, 1.82) is 0 Å². The van der Waals surface area contributed by atoms with Gasteiger partial charge in [-0.15, -0.1) is 0 Å². The van der Waals surface area contributed by atoms with E-state index in [2.05, 4.69) is 0 Å². The number of unbranched alkanes of at least 4 members (excludes halogenated alkanes) is 1. The lowest BCUT2D eigenvalue weighted by molar-refractivity contribution is -0.154. The first kappa shape index (κ1) is 13.0. The molecule has 0 heterocycles. The van der Waals surface area contributed by atoms with Crippen molar-refractivity contribution >= 4 is 17.6 Å². The molecule has 0 radical (unpaired) electrons. The van der Waals surface area contributed by atoms with Crippen LogP contribution in [0.3, 0.4) is 0 Å². The van der Waals surface area contributed by atoms with E-state index >= 15 is 0 Å². The molecule has 0 amide bonds. The van der Waals surface area contributed by atoms with Gasteiger partial charge in [0.2, 0.25) is 0 Å². The van der Waals surface area contributed by atoms with Crippen LogP contribution in [0, 0.1) is 0 Å². The van der Waals surface area contributed by atoms with Crippen LogP contribution in [-0.2, 0) is 9.53 Å². The fraction of sp³-hybridized carbons (Fsp3) is 0.417. The number of esters is 1. The minimum Gasteiger partial charge on any atom is -0.464 e. The quantitative estimate of drug-likeness (QED) is 0.638. The summed E-state index contributed by atoms with van der Waals surface area (Å²) in [5.41, 5.74) is 0.453. The Hall–Kier alpha value is -1.06. The summed E-state index contributed by atoms with van der Waals surface area (Å²) >= 11 is 5.76. The van der Waals surface area contributed by atoms with Gasteiger partial charge in [-0.3, -0.25) is 0 Å². The third-order valence-corrected chi connectivity index (χ3v) is 2.36. The molecule has 1 aromatic carbocycles. The standard InChI is InChI=1S/C12H15ClO3/c1-2-3-7-16-12(15)11(14)9-5-4-6-10(13)8-9/h4-6,8,11,14H,2-3,7H2,1H3/t11-/m0/s1. The average Bonchev–Trinajstić information content (AvgIpc) is 2.28. The molecule has 0 aliphatic carbocycles. The lowest BCUT2D eigenvalue weighted by atomic mass is 10.1. The van der Waals surface area contributed by atoms with Crippen molar-refractivity contribution in [2.75, 3.05) is 6.61 Å². The smallest absolute Gasteiger partial charge is 0.339 e. The van der Waals surface area contributed by atoms with Crippen LogP contribution in [0.2, 0.25) is 5.02 Å². The molecular formula is C12H15ClO3.